The first kappa shape index (κ1) is 14.1. The number of hydrogen-bond acceptors (Lipinski definition) is 6. The number of anilines is 1. The quantitative estimate of drug-likeness (QED) is 0.789. The normalized spacial score (nSPS) is 11.7. The molecule has 0 fully saturated rings. The molecule has 1 N–H and O–H groups in total. The molecule has 1 aromatic carbocycles. The van der Waals surface area contributed by atoms with E-state index in [1.54, 1.807) is 6.07 Å². The van der Waals surface area contributed by atoms with Crippen molar-refractivity contribution >= 4 is 50.1 Å². The molecular formula is C11H6ClFN4O2S2. The number of nitrogens with zero attached hydrogens (tertiary/aromatic N) is 3. The smallest absolute Gasteiger partial charge is 0.274 e. The first-order valence-corrected chi connectivity index (χ1v) is 8.12. The Morgan fingerprint density at radius 1 is 1.24 bits per heavy atom. The Morgan fingerprint density at radius 2 is 2.05 bits per heavy atom. The maximum atomic E-state index is 13.6. The third kappa shape index (κ3) is 2.55. The third-order valence-electron chi connectivity index (χ3n) is 2.59. The van der Waals surface area contributed by atoms with E-state index in [0.29, 0.717) is 11.0 Å². The Labute approximate surface area is 128 Å². The fourth-order valence-corrected chi connectivity index (χ4v) is 3.57. The highest BCUT2D eigenvalue weighted by Gasteiger charge is 2.23. The highest BCUT2D eigenvalue weighted by atomic mass is 35.5. The molecule has 0 aliphatic rings. The number of fused-ring (bicyclic) bond motifs is 1. The number of nitrogens with one attached hydrogen (secondary N) is 1. The third-order valence-corrected chi connectivity index (χ3v) is 4.73. The highest BCUT2D eigenvalue weighted by Crippen LogP contribution is 2.31. The van der Waals surface area contributed by atoms with E-state index >= 15 is 0 Å². The number of rotatable bonds is 3. The van der Waals surface area contributed by atoms with Crippen molar-refractivity contribution in [2.45, 2.75) is 5.03 Å². The molecule has 21 heavy (non-hydrogen) atoms. The second kappa shape index (κ2) is 5.17. The molecule has 0 aliphatic carbocycles. The van der Waals surface area contributed by atoms with Gasteiger partial charge < -0.3 is 0 Å². The van der Waals surface area contributed by atoms with Crippen LogP contribution >= 0.6 is 23.3 Å². The van der Waals surface area contributed by atoms with Crippen LogP contribution in [0.3, 0.4) is 0 Å². The van der Waals surface area contributed by atoms with Gasteiger partial charge in [0.05, 0.1) is 22.4 Å². The first-order chi connectivity index (χ1) is 9.99. The van der Waals surface area contributed by atoms with Crippen LogP contribution < -0.4 is 4.72 Å². The van der Waals surface area contributed by atoms with Crippen molar-refractivity contribution in [2.75, 3.05) is 4.72 Å². The van der Waals surface area contributed by atoms with E-state index in [0.717, 1.165) is 17.8 Å². The van der Waals surface area contributed by atoms with Gasteiger partial charge in [0.15, 0.2) is 5.82 Å². The van der Waals surface area contributed by atoms with Crippen LogP contribution in [0.1, 0.15) is 0 Å². The van der Waals surface area contributed by atoms with Crippen molar-refractivity contribution in [1.29, 1.82) is 0 Å². The molecule has 0 saturated carbocycles. The van der Waals surface area contributed by atoms with Gasteiger partial charge >= 0.3 is 0 Å². The monoisotopic (exact) mass is 344 g/mol. The molecule has 2 aromatic heterocycles. The topological polar surface area (TPSA) is 84.8 Å². The van der Waals surface area contributed by atoms with Crippen LogP contribution in [-0.4, -0.2) is 22.1 Å². The summed E-state index contributed by atoms with van der Waals surface area (Å²) in [7, 11) is -4.22. The molecule has 0 unspecified atom stereocenters. The van der Waals surface area contributed by atoms with Gasteiger partial charge in [-0.1, -0.05) is 11.6 Å². The zero-order valence-electron chi connectivity index (χ0n) is 10.1. The van der Waals surface area contributed by atoms with Crippen molar-refractivity contribution in [3.63, 3.8) is 0 Å². The average Bonchev–Trinajstić information content (AvgIpc) is 2.91. The Balaban J connectivity index is 2.12. The van der Waals surface area contributed by atoms with Gasteiger partial charge in [-0.3, -0.25) is 4.72 Å². The first-order valence-electron chi connectivity index (χ1n) is 5.53. The van der Waals surface area contributed by atoms with Crippen LogP contribution in [0.15, 0.2) is 35.5 Å². The molecule has 0 aliphatic heterocycles. The zero-order valence-corrected chi connectivity index (χ0v) is 12.5. The lowest BCUT2D eigenvalue weighted by Crippen LogP contribution is -2.16. The van der Waals surface area contributed by atoms with Crippen molar-refractivity contribution in [1.82, 2.24) is 13.7 Å². The van der Waals surface area contributed by atoms with Gasteiger partial charge in [-0.25, -0.2) is 9.37 Å². The van der Waals surface area contributed by atoms with Crippen LogP contribution in [0.2, 0.25) is 5.02 Å². The van der Waals surface area contributed by atoms with Crippen LogP contribution in [0, 0.1) is 5.82 Å². The molecule has 0 radical (unpaired) electrons. The van der Waals surface area contributed by atoms with Gasteiger partial charge in [-0.2, -0.15) is 17.2 Å². The van der Waals surface area contributed by atoms with Gasteiger partial charge in [0.1, 0.15) is 11.0 Å². The van der Waals surface area contributed by atoms with Gasteiger partial charge in [0, 0.05) is 6.20 Å². The minimum atomic E-state index is -4.22. The Hall–Kier alpha value is -1.84. The van der Waals surface area contributed by atoms with Crippen molar-refractivity contribution in [3.8, 4) is 0 Å². The van der Waals surface area contributed by atoms with E-state index in [4.69, 9.17) is 11.6 Å². The van der Waals surface area contributed by atoms with Crippen LogP contribution in [0.25, 0.3) is 11.0 Å². The maximum Gasteiger partial charge on any atom is 0.282 e. The largest absolute Gasteiger partial charge is 0.282 e. The Bertz CT molecular complexity index is 929. The number of hydrogen-bond donors (Lipinski definition) is 1. The molecule has 0 bridgehead atoms. The van der Waals surface area contributed by atoms with E-state index in [-0.39, 0.29) is 10.7 Å². The summed E-state index contributed by atoms with van der Waals surface area (Å²) in [4.78, 5) is 3.54. The lowest BCUT2D eigenvalue weighted by atomic mass is 10.3. The fraction of sp³-hybridized carbons (Fsp3) is 0. The van der Waals surface area contributed by atoms with E-state index in [1.165, 1.54) is 18.3 Å². The number of sulfonamides is 1. The fourth-order valence-electron chi connectivity index (χ4n) is 1.68. The molecule has 2 heterocycles. The minimum absolute atomic E-state index is 0.0490. The predicted molar refractivity (Wildman–Crippen MR) is 77.4 cm³/mol. The summed E-state index contributed by atoms with van der Waals surface area (Å²) in [5, 5.41) is -0.573. The molecule has 3 aromatic rings. The van der Waals surface area contributed by atoms with E-state index in [9.17, 15) is 12.8 Å². The number of aromatic nitrogens is 3. The van der Waals surface area contributed by atoms with Gasteiger partial charge in [-0.15, -0.1) is 0 Å². The van der Waals surface area contributed by atoms with Gasteiger partial charge in [0.25, 0.3) is 10.0 Å². The molecule has 3 rings (SSSR count). The van der Waals surface area contributed by atoms with Crippen molar-refractivity contribution in [2.24, 2.45) is 0 Å². The minimum Gasteiger partial charge on any atom is -0.274 e. The average molecular weight is 345 g/mol. The highest BCUT2D eigenvalue weighted by molar-refractivity contribution is 7.92. The molecule has 0 saturated heterocycles. The second-order valence-electron chi connectivity index (χ2n) is 3.95. The lowest BCUT2D eigenvalue weighted by Gasteiger charge is -2.09. The number of pyridine rings is 1. The number of benzene rings is 1. The molecule has 6 nitrogen and oxygen atoms in total. The summed E-state index contributed by atoms with van der Waals surface area (Å²) < 4.78 is 48.2. The summed E-state index contributed by atoms with van der Waals surface area (Å²) in [5.74, 6) is -0.954. The van der Waals surface area contributed by atoms with Gasteiger partial charge in [-0.05, 0) is 24.3 Å². The summed E-state index contributed by atoms with van der Waals surface area (Å²) >= 11 is 6.91. The molecule has 0 atom stereocenters. The summed E-state index contributed by atoms with van der Waals surface area (Å²) in [6.45, 7) is 0. The van der Waals surface area contributed by atoms with Gasteiger partial charge in [0.2, 0.25) is 5.03 Å². The van der Waals surface area contributed by atoms with E-state index < -0.39 is 20.9 Å². The van der Waals surface area contributed by atoms with Crippen LogP contribution in [-0.2, 0) is 10.0 Å². The molecule has 10 heteroatoms. The number of halogens is 2. The Kier molecular flexibility index (Phi) is 3.47. The Morgan fingerprint density at radius 3 is 2.81 bits per heavy atom. The lowest BCUT2D eigenvalue weighted by molar-refractivity contribution is 0.557. The van der Waals surface area contributed by atoms with E-state index in [1.807, 2.05) is 0 Å². The van der Waals surface area contributed by atoms with Crippen molar-refractivity contribution in [3.05, 3.63) is 41.3 Å². The van der Waals surface area contributed by atoms with Crippen LogP contribution in [0.4, 0.5) is 10.1 Å². The summed E-state index contributed by atoms with van der Waals surface area (Å²) in [6.07, 6.45) is 1.18. The molecular weight excluding hydrogens is 339 g/mol. The molecule has 108 valence electrons. The van der Waals surface area contributed by atoms with Crippen molar-refractivity contribution < 1.29 is 12.8 Å². The molecule has 0 spiro atoms. The summed E-state index contributed by atoms with van der Waals surface area (Å²) in [5.41, 5.74) is 0.837. The molecule has 0 amide bonds. The second-order valence-corrected chi connectivity index (χ2v) is 6.48. The SMILES string of the molecule is O=S(=O)(Nc1c(Cl)ccc2nsnc12)c1ncccc1F. The summed E-state index contributed by atoms with van der Waals surface area (Å²) in [6, 6.07) is 5.40. The standard InChI is InChI=1S/C11H6ClFN4O2S2/c12-6-3-4-8-10(16-20-15-8)9(6)17-21(18,19)11-7(13)2-1-5-14-11/h1-5,17H. The zero-order chi connectivity index (χ0) is 15.0. The van der Waals surface area contributed by atoms with E-state index in [2.05, 4.69) is 18.5 Å². The van der Waals surface area contributed by atoms with Crippen LogP contribution in [0.5, 0.6) is 0 Å². The predicted octanol–water partition coefficient (Wildman–Crippen LogP) is 2.68. The maximum absolute atomic E-state index is 13.6.